The molecule has 7 nitrogen and oxygen atoms in total. The van der Waals surface area contributed by atoms with Crippen LogP contribution in [0.1, 0.15) is 18.2 Å². The number of urea groups is 1. The Labute approximate surface area is 164 Å². The summed E-state index contributed by atoms with van der Waals surface area (Å²) in [7, 11) is 3.61. The molecule has 0 atom stereocenters. The molecule has 0 spiro atoms. The van der Waals surface area contributed by atoms with Gasteiger partial charge in [-0.3, -0.25) is 14.9 Å². The number of carbonyl (C=O) groups is 3. The third-order valence-corrected chi connectivity index (χ3v) is 4.65. The first-order chi connectivity index (χ1) is 12.8. The molecule has 2 heterocycles. The van der Waals surface area contributed by atoms with Crippen LogP contribution in [-0.4, -0.2) is 31.9 Å². The van der Waals surface area contributed by atoms with Gasteiger partial charge in [-0.05, 0) is 46.1 Å². The maximum atomic E-state index is 12.8. The molecular weight excluding hydrogens is 414 g/mol. The van der Waals surface area contributed by atoms with Crippen LogP contribution in [-0.2, 0) is 16.0 Å². The monoisotopic (exact) mass is 431 g/mol. The molecular formula is C19H18BrN3O4. The first kappa shape index (κ1) is 18.9. The summed E-state index contributed by atoms with van der Waals surface area (Å²) in [5.74, 6) is -0.592. The molecule has 4 amide bonds. The Morgan fingerprint density at radius 2 is 1.85 bits per heavy atom. The summed E-state index contributed by atoms with van der Waals surface area (Å²) in [6.07, 6.45) is 2.17. The number of barbiturate groups is 1. The van der Waals surface area contributed by atoms with Crippen LogP contribution < -0.4 is 15.1 Å². The lowest BCUT2D eigenvalue weighted by Gasteiger charge is -2.26. The van der Waals surface area contributed by atoms with Crippen molar-refractivity contribution in [1.82, 2.24) is 5.32 Å². The number of benzene rings is 1. The van der Waals surface area contributed by atoms with Crippen molar-refractivity contribution in [1.29, 1.82) is 0 Å². The quantitative estimate of drug-likeness (QED) is 0.592. The van der Waals surface area contributed by atoms with Gasteiger partial charge >= 0.3 is 6.03 Å². The topological polar surface area (TPSA) is 82.9 Å². The van der Waals surface area contributed by atoms with Crippen molar-refractivity contribution in [3.63, 3.8) is 0 Å². The van der Waals surface area contributed by atoms with Gasteiger partial charge in [0.05, 0.1) is 10.2 Å². The van der Waals surface area contributed by atoms with Crippen LogP contribution in [0.3, 0.4) is 0 Å². The molecule has 8 heteroatoms. The van der Waals surface area contributed by atoms with Crippen LogP contribution in [0, 0.1) is 0 Å². The lowest BCUT2D eigenvalue weighted by atomic mass is 10.1. The number of hydrogen-bond acceptors (Lipinski definition) is 5. The predicted octanol–water partition coefficient (Wildman–Crippen LogP) is 3.34. The smallest absolute Gasteiger partial charge is 0.335 e. The highest BCUT2D eigenvalue weighted by Gasteiger charge is 2.37. The Morgan fingerprint density at radius 1 is 1.19 bits per heavy atom. The lowest BCUT2D eigenvalue weighted by Crippen LogP contribution is -2.54. The van der Waals surface area contributed by atoms with E-state index in [1.165, 1.54) is 6.08 Å². The maximum absolute atomic E-state index is 12.8. The summed E-state index contributed by atoms with van der Waals surface area (Å²) in [6, 6.07) is 7.90. The molecule has 0 radical (unpaired) electrons. The zero-order valence-electron chi connectivity index (χ0n) is 15.1. The van der Waals surface area contributed by atoms with Gasteiger partial charge in [0.2, 0.25) is 5.88 Å². The van der Waals surface area contributed by atoms with Crippen LogP contribution in [0.2, 0.25) is 0 Å². The van der Waals surface area contributed by atoms with Gasteiger partial charge in [-0.1, -0.05) is 19.1 Å². The lowest BCUT2D eigenvalue weighted by molar-refractivity contribution is -0.122. The highest BCUT2D eigenvalue weighted by molar-refractivity contribution is 9.10. The number of nitrogens with zero attached hydrogens (tertiary/aromatic N) is 2. The van der Waals surface area contributed by atoms with Crippen molar-refractivity contribution < 1.29 is 18.8 Å². The number of carbonyl (C=O) groups excluding carboxylic acids is 3. The fourth-order valence-electron chi connectivity index (χ4n) is 2.67. The molecule has 0 saturated carbocycles. The van der Waals surface area contributed by atoms with Crippen molar-refractivity contribution in [3.8, 4) is 0 Å². The molecule has 1 fully saturated rings. The SMILES string of the molecule is CCc1ccc(N2C(=O)NC(=O)C(=Cc3cc(Br)c(N(C)C)o3)C2=O)cc1. The predicted molar refractivity (Wildman–Crippen MR) is 106 cm³/mol. The number of hydrogen-bond donors (Lipinski definition) is 1. The van der Waals surface area contributed by atoms with Gasteiger partial charge in [-0.15, -0.1) is 0 Å². The Hall–Kier alpha value is -2.87. The molecule has 1 aliphatic rings. The van der Waals surface area contributed by atoms with E-state index in [0.717, 1.165) is 16.9 Å². The Kier molecular flexibility index (Phi) is 5.18. The fraction of sp³-hybridized carbons (Fsp3) is 0.211. The first-order valence-corrected chi connectivity index (χ1v) is 9.08. The van der Waals surface area contributed by atoms with Crippen LogP contribution in [0.5, 0.6) is 0 Å². The van der Waals surface area contributed by atoms with Gasteiger partial charge in [-0.25, -0.2) is 9.69 Å². The van der Waals surface area contributed by atoms with Crippen LogP contribution >= 0.6 is 15.9 Å². The van der Waals surface area contributed by atoms with Gasteiger partial charge < -0.3 is 9.32 Å². The van der Waals surface area contributed by atoms with E-state index in [2.05, 4.69) is 21.2 Å². The van der Waals surface area contributed by atoms with E-state index in [9.17, 15) is 14.4 Å². The molecule has 1 aromatic heterocycles. The summed E-state index contributed by atoms with van der Waals surface area (Å²) in [5.41, 5.74) is 1.29. The second kappa shape index (κ2) is 7.40. The number of rotatable bonds is 4. The highest BCUT2D eigenvalue weighted by Crippen LogP contribution is 2.31. The van der Waals surface area contributed by atoms with Crippen molar-refractivity contribution in [3.05, 3.63) is 51.7 Å². The van der Waals surface area contributed by atoms with Gasteiger partial charge in [0.25, 0.3) is 11.8 Å². The minimum Gasteiger partial charge on any atom is -0.440 e. The summed E-state index contributed by atoms with van der Waals surface area (Å²) >= 11 is 3.37. The van der Waals surface area contributed by atoms with Crippen molar-refractivity contribution >= 4 is 51.4 Å². The Morgan fingerprint density at radius 3 is 2.41 bits per heavy atom. The number of furan rings is 1. The molecule has 27 heavy (non-hydrogen) atoms. The van der Waals surface area contributed by atoms with Crippen molar-refractivity contribution in [2.24, 2.45) is 0 Å². The van der Waals surface area contributed by atoms with E-state index in [4.69, 9.17) is 4.42 Å². The second-order valence-corrected chi connectivity index (χ2v) is 7.03. The molecule has 140 valence electrons. The Balaban J connectivity index is 1.98. The van der Waals surface area contributed by atoms with Gasteiger partial charge in [0.15, 0.2) is 0 Å². The zero-order chi connectivity index (χ0) is 19.7. The molecule has 2 aromatic rings. The third-order valence-electron chi connectivity index (χ3n) is 4.09. The zero-order valence-corrected chi connectivity index (χ0v) is 16.7. The largest absolute Gasteiger partial charge is 0.440 e. The van der Waals surface area contributed by atoms with E-state index >= 15 is 0 Å². The van der Waals surface area contributed by atoms with Crippen LogP contribution in [0.15, 0.2) is 44.8 Å². The van der Waals surface area contributed by atoms with Crippen LogP contribution in [0.25, 0.3) is 6.08 Å². The summed E-state index contributed by atoms with van der Waals surface area (Å²) in [5, 5.41) is 2.20. The molecule has 1 aliphatic heterocycles. The number of aryl methyl sites for hydroxylation is 1. The van der Waals surface area contributed by atoms with Gasteiger partial charge in [-0.2, -0.15) is 0 Å². The minimum atomic E-state index is -0.777. The summed E-state index contributed by atoms with van der Waals surface area (Å²) < 4.78 is 6.33. The molecule has 1 saturated heterocycles. The van der Waals surface area contributed by atoms with E-state index in [1.807, 2.05) is 19.1 Å². The standard InChI is InChI=1S/C19H18BrN3O4/c1-4-11-5-7-12(8-6-11)23-17(25)14(16(24)21-19(23)26)9-13-10-15(20)18(27-13)22(2)3/h5-10H,4H2,1-3H3,(H,21,24,26). The molecule has 0 aliphatic carbocycles. The van der Waals surface area contributed by atoms with Crippen molar-refractivity contribution in [2.45, 2.75) is 13.3 Å². The number of imide groups is 2. The first-order valence-electron chi connectivity index (χ1n) is 8.29. The average molecular weight is 432 g/mol. The number of halogens is 1. The summed E-state index contributed by atoms with van der Waals surface area (Å²) in [6.45, 7) is 2.01. The molecule has 1 aromatic carbocycles. The summed E-state index contributed by atoms with van der Waals surface area (Å²) in [4.78, 5) is 40.0. The van der Waals surface area contributed by atoms with Crippen molar-refractivity contribution in [2.75, 3.05) is 23.9 Å². The highest BCUT2D eigenvalue weighted by atomic mass is 79.9. The third kappa shape index (κ3) is 3.66. The Bertz CT molecular complexity index is 944. The minimum absolute atomic E-state index is 0.180. The number of amides is 4. The number of anilines is 2. The molecule has 1 N–H and O–H groups in total. The maximum Gasteiger partial charge on any atom is 0.335 e. The molecule has 3 rings (SSSR count). The average Bonchev–Trinajstić information content (AvgIpc) is 3.00. The van der Waals surface area contributed by atoms with E-state index in [1.54, 1.807) is 37.2 Å². The molecule has 0 unspecified atom stereocenters. The molecule has 0 bridgehead atoms. The van der Waals surface area contributed by atoms with Gasteiger partial charge in [0.1, 0.15) is 11.3 Å². The van der Waals surface area contributed by atoms with Gasteiger partial charge in [0, 0.05) is 20.2 Å². The van der Waals surface area contributed by atoms with E-state index in [0.29, 0.717) is 21.8 Å². The van der Waals surface area contributed by atoms with Crippen LogP contribution in [0.4, 0.5) is 16.4 Å². The van der Waals surface area contributed by atoms with E-state index in [-0.39, 0.29) is 5.57 Å². The number of nitrogens with one attached hydrogen (secondary N) is 1. The normalized spacial score (nSPS) is 16.1. The van der Waals surface area contributed by atoms with E-state index < -0.39 is 17.8 Å². The second-order valence-electron chi connectivity index (χ2n) is 6.17. The fourth-order valence-corrected chi connectivity index (χ4v) is 3.33.